The predicted octanol–water partition coefficient (Wildman–Crippen LogP) is -0.826. The number of thiophene rings is 1. The lowest BCUT2D eigenvalue weighted by Gasteiger charge is -2.17. The Hall–Kier alpha value is -3.23. The number of phenolic OH excluding ortho intramolecular Hbond substituents is 1. The van der Waals surface area contributed by atoms with Crippen LogP contribution in [0.15, 0.2) is 59.0 Å². The minimum absolute atomic E-state index is 0.175. The average Bonchev–Trinajstić information content (AvgIpc) is 3.15. The molecule has 0 saturated heterocycles. The van der Waals surface area contributed by atoms with Crippen LogP contribution in [0.5, 0.6) is 5.75 Å². The predicted molar refractivity (Wildman–Crippen MR) is 113 cm³/mol. The minimum Gasteiger partial charge on any atom is -0.508 e. The summed E-state index contributed by atoms with van der Waals surface area (Å²) >= 11 is 1.67. The Morgan fingerprint density at radius 1 is 1.00 bits per heavy atom. The molecule has 0 aliphatic heterocycles. The molecular formula is C24H19ClN2O6S. The van der Waals surface area contributed by atoms with Gasteiger partial charge in [-0.15, -0.1) is 10.2 Å². The fourth-order valence-corrected chi connectivity index (χ4v) is 5.17. The average molecular weight is 499 g/mol. The van der Waals surface area contributed by atoms with E-state index in [9.17, 15) is 10.4 Å². The summed E-state index contributed by atoms with van der Waals surface area (Å²) in [6.07, 6.45) is 4.32. The molecule has 5 rings (SSSR count). The highest BCUT2D eigenvalue weighted by atomic mass is 35.7. The molecule has 0 amide bonds. The maximum absolute atomic E-state index is 10.0. The molecule has 0 atom stereocenters. The van der Waals surface area contributed by atoms with Gasteiger partial charge in [0.15, 0.2) is 0 Å². The molecule has 4 aromatic rings. The molecule has 0 saturated carbocycles. The van der Waals surface area contributed by atoms with Crippen LogP contribution in [-0.4, -0.2) is 5.11 Å². The number of phenols is 1. The quantitative estimate of drug-likeness (QED) is 0.364. The summed E-state index contributed by atoms with van der Waals surface area (Å²) in [6.45, 7) is 0. The highest BCUT2D eigenvalue weighted by Crippen LogP contribution is 2.34. The van der Waals surface area contributed by atoms with E-state index in [2.05, 4.69) is 11.1 Å². The molecule has 1 aliphatic carbocycles. The first-order chi connectivity index (χ1) is 16.2. The number of hydrogen-bond donors (Lipinski definition) is 2. The minimum atomic E-state index is -4.94. The fraction of sp³-hybridized carbons (Fsp3) is 0.167. The van der Waals surface area contributed by atoms with Crippen LogP contribution in [0.2, 0.25) is 0 Å². The second kappa shape index (κ2) is 9.95. The normalized spacial score (nSPS) is 13.7. The number of aromatic hydroxyl groups is 1. The first kappa shape index (κ1) is 23.9. The standard InChI is InChI=1S/C24H18N2O2S.ClHO4/c25-14-19-17-8-4-5-9-23(17)29-24(19)26-20-13-22(15-6-2-1-3-7-15)28-21-11-10-16(27)12-18(20)21;2-1(3,4)5/h1-3,6-7,10-13,27H,4-5,8-9H2;(H,2,3,4,5)/b26-20+;. The summed E-state index contributed by atoms with van der Waals surface area (Å²) in [4.78, 5) is 4.80. The summed E-state index contributed by atoms with van der Waals surface area (Å²) in [5, 5.41) is 22.3. The molecule has 0 unspecified atom stereocenters. The molecule has 0 radical (unpaired) electrons. The Morgan fingerprint density at radius 3 is 2.41 bits per heavy atom. The lowest BCUT2D eigenvalue weighted by atomic mass is 9.96. The van der Waals surface area contributed by atoms with Crippen LogP contribution >= 0.6 is 11.3 Å². The maximum atomic E-state index is 10.0. The number of nitrogens with zero attached hydrogens (tertiary/aromatic N) is 1. The molecule has 34 heavy (non-hydrogen) atoms. The van der Waals surface area contributed by atoms with Crippen LogP contribution in [0.4, 0.5) is 5.00 Å². The summed E-state index contributed by atoms with van der Waals surface area (Å²) < 4.78 is 40.1. The number of rotatable bonds is 2. The molecule has 0 bridgehead atoms. The van der Waals surface area contributed by atoms with Crippen LogP contribution in [-0.2, 0) is 12.8 Å². The van der Waals surface area contributed by atoms with E-state index in [-0.39, 0.29) is 5.75 Å². The molecule has 174 valence electrons. The van der Waals surface area contributed by atoms with Gasteiger partial charge in [-0.1, -0.05) is 41.7 Å². The van der Waals surface area contributed by atoms with E-state index in [0.29, 0.717) is 5.58 Å². The van der Waals surface area contributed by atoms with Crippen molar-refractivity contribution in [2.45, 2.75) is 25.7 Å². The number of hydrogen-bond acceptors (Lipinski definition) is 8. The monoisotopic (exact) mass is 498 g/mol. The van der Waals surface area contributed by atoms with Gasteiger partial charge >= 0.3 is 0 Å². The van der Waals surface area contributed by atoms with E-state index in [1.807, 2.05) is 36.4 Å². The molecule has 2 heterocycles. The third kappa shape index (κ3) is 5.63. The van der Waals surface area contributed by atoms with Gasteiger partial charge in [-0.05, 0) is 49.4 Å². The summed E-state index contributed by atoms with van der Waals surface area (Å²) in [6, 6.07) is 19.3. The summed E-state index contributed by atoms with van der Waals surface area (Å²) in [5.41, 5.74) is 3.59. The van der Waals surface area contributed by atoms with Crippen LogP contribution in [0, 0.1) is 21.6 Å². The van der Waals surface area contributed by atoms with Crippen LogP contribution < -0.4 is 29.0 Å². The Balaban J connectivity index is 0.000000499. The Labute approximate surface area is 200 Å². The highest BCUT2D eigenvalue weighted by Gasteiger charge is 2.24. The third-order valence-corrected chi connectivity index (χ3v) is 6.55. The zero-order chi connectivity index (χ0) is 24.3. The highest BCUT2D eigenvalue weighted by molar-refractivity contribution is 7.15. The first-order valence-corrected chi connectivity index (χ1v) is 12.4. The Bertz CT molecular complexity index is 1430. The molecule has 10 heteroatoms. The van der Waals surface area contributed by atoms with E-state index in [0.717, 1.165) is 51.9 Å². The SMILES string of the molecule is N#Cc1c(/[NH+]=c2\cc(-c3ccccc3)oc3ccc(O)cc23)sc2c1CCCC2.[O-][Cl+3]([O-])([O-])[O-]. The fourth-order valence-electron chi connectivity index (χ4n) is 3.92. The van der Waals surface area contributed by atoms with Gasteiger partial charge in [-0.2, -0.15) is 10.3 Å². The van der Waals surface area contributed by atoms with E-state index < -0.39 is 10.2 Å². The Kier molecular flexibility index (Phi) is 7.00. The molecule has 2 aromatic carbocycles. The Morgan fingerprint density at radius 2 is 1.71 bits per heavy atom. The van der Waals surface area contributed by atoms with E-state index >= 15 is 0 Å². The van der Waals surface area contributed by atoms with Crippen molar-refractivity contribution < 1.29 is 43.4 Å². The number of nitriles is 1. The van der Waals surface area contributed by atoms with Gasteiger partial charge in [0.1, 0.15) is 28.7 Å². The van der Waals surface area contributed by atoms with Crippen molar-refractivity contribution >= 4 is 27.3 Å². The first-order valence-electron chi connectivity index (χ1n) is 10.3. The van der Waals surface area contributed by atoms with Gasteiger partial charge in [0.05, 0.1) is 11.5 Å². The molecule has 1 aliphatic rings. The van der Waals surface area contributed by atoms with Crippen molar-refractivity contribution in [3.05, 3.63) is 76.0 Å². The summed E-state index contributed by atoms with van der Waals surface area (Å²) in [5.74, 6) is 0.903. The van der Waals surface area contributed by atoms with E-state index in [4.69, 9.17) is 23.1 Å². The van der Waals surface area contributed by atoms with Gasteiger partial charge in [0.2, 0.25) is 5.36 Å². The van der Waals surface area contributed by atoms with Crippen LogP contribution in [0.25, 0.3) is 22.3 Å². The smallest absolute Gasteiger partial charge is 0.278 e. The van der Waals surface area contributed by atoms with E-state index in [1.165, 1.54) is 16.9 Å². The molecule has 8 nitrogen and oxygen atoms in total. The summed E-state index contributed by atoms with van der Waals surface area (Å²) in [7, 11) is -4.94. The molecule has 0 spiro atoms. The van der Waals surface area contributed by atoms with Crippen molar-refractivity contribution in [2.24, 2.45) is 0 Å². The van der Waals surface area contributed by atoms with Gasteiger partial charge in [0, 0.05) is 10.4 Å². The maximum Gasteiger partial charge on any atom is 0.278 e. The topological polar surface area (TPSA) is 163 Å². The van der Waals surface area contributed by atoms with Crippen molar-refractivity contribution in [1.82, 2.24) is 0 Å². The van der Waals surface area contributed by atoms with Gasteiger partial charge in [-0.3, -0.25) is 0 Å². The van der Waals surface area contributed by atoms with Gasteiger partial charge < -0.3 is 9.52 Å². The zero-order valence-electron chi connectivity index (χ0n) is 17.7. The van der Waals surface area contributed by atoms with Gasteiger partial charge in [0.25, 0.3) is 5.00 Å². The number of benzene rings is 2. The molecular weight excluding hydrogens is 480 g/mol. The zero-order valence-corrected chi connectivity index (χ0v) is 19.3. The van der Waals surface area contributed by atoms with Crippen LogP contribution in [0.3, 0.4) is 0 Å². The number of fused-ring (bicyclic) bond motifs is 2. The number of aryl methyl sites for hydroxylation is 1. The lowest BCUT2D eigenvalue weighted by Crippen LogP contribution is -2.70. The van der Waals surface area contributed by atoms with E-state index in [1.54, 1.807) is 29.5 Å². The number of halogens is 1. The van der Waals surface area contributed by atoms with Crippen molar-refractivity contribution in [3.8, 4) is 23.1 Å². The largest absolute Gasteiger partial charge is 0.508 e. The third-order valence-electron chi connectivity index (χ3n) is 5.34. The van der Waals surface area contributed by atoms with Crippen molar-refractivity contribution in [1.29, 1.82) is 5.26 Å². The lowest BCUT2D eigenvalue weighted by molar-refractivity contribution is -2.00. The molecule has 0 fully saturated rings. The van der Waals surface area contributed by atoms with Crippen LogP contribution in [0.1, 0.15) is 28.8 Å². The second-order valence-electron chi connectivity index (χ2n) is 7.60. The molecule has 2 aromatic heterocycles. The number of nitrogens with one attached hydrogen (secondary N) is 1. The van der Waals surface area contributed by atoms with Crippen molar-refractivity contribution in [3.63, 3.8) is 0 Å². The second-order valence-corrected chi connectivity index (χ2v) is 9.46. The molecule has 2 N–H and O–H groups in total. The van der Waals surface area contributed by atoms with Crippen molar-refractivity contribution in [2.75, 3.05) is 0 Å². The van der Waals surface area contributed by atoms with Gasteiger partial charge in [-0.25, -0.2) is 18.6 Å².